The van der Waals surface area contributed by atoms with Gasteiger partial charge in [0.25, 0.3) is 15.7 Å². The van der Waals surface area contributed by atoms with Gasteiger partial charge >= 0.3 is 0 Å². The average molecular weight is 364 g/mol. The first-order valence-corrected chi connectivity index (χ1v) is 9.07. The van der Waals surface area contributed by atoms with E-state index in [4.69, 9.17) is 4.74 Å². The predicted molar refractivity (Wildman–Crippen MR) is 95.6 cm³/mol. The molecule has 0 radical (unpaired) electrons. The average Bonchev–Trinajstić information content (AvgIpc) is 2.54. The fourth-order valence-electron chi connectivity index (χ4n) is 2.25. The van der Waals surface area contributed by atoms with E-state index in [2.05, 4.69) is 0 Å². The molecule has 0 saturated heterocycles. The summed E-state index contributed by atoms with van der Waals surface area (Å²) in [5.41, 5.74) is 0.608. The standard InChI is InChI=1S/C17H20N2O5S/c1-12(2)24-15-8-6-14(7-9-15)18(4)25(22,23)16-10-5-13(3)17(11-16)19(20)21/h5-12H,1-4H3. The zero-order valence-corrected chi connectivity index (χ0v) is 15.3. The van der Waals surface area contributed by atoms with E-state index in [1.54, 1.807) is 31.2 Å². The minimum Gasteiger partial charge on any atom is -0.491 e. The Bertz CT molecular complexity index is 876. The number of rotatable bonds is 6. The number of nitro benzene ring substituents is 1. The SMILES string of the molecule is Cc1ccc(S(=O)(=O)N(C)c2ccc(OC(C)C)cc2)cc1[N+](=O)[O-]. The van der Waals surface area contributed by atoms with Crippen LogP contribution in [-0.4, -0.2) is 26.5 Å². The van der Waals surface area contributed by atoms with Gasteiger partial charge in [-0.3, -0.25) is 14.4 Å². The van der Waals surface area contributed by atoms with Gasteiger partial charge < -0.3 is 4.74 Å². The van der Waals surface area contributed by atoms with Gasteiger partial charge in [-0.1, -0.05) is 6.07 Å². The van der Waals surface area contributed by atoms with Crippen molar-refractivity contribution in [3.63, 3.8) is 0 Å². The maximum Gasteiger partial charge on any atom is 0.273 e. The van der Waals surface area contributed by atoms with Crippen LogP contribution in [0.25, 0.3) is 0 Å². The number of hydrogen-bond acceptors (Lipinski definition) is 5. The summed E-state index contributed by atoms with van der Waals surface area (Å²) < 4.78 is 32.1. The largest absolute Gasteiger partial charge is 0.491 e. The van der Waals surface area contributed by atoms with Crippen molar-refractivity contribution in [3.05, 3.63) is 58.1 Å². The van der Waals surface area contributed by atoms with Crippen molar-refractivity contribution in [1.29, 1.82) is 0 Å². The number of nitro groups is 1. The van der Waals surface area contributed by atoms with Crippen LogP contribution < -0.4 is 9.04 Å². The van der Waals surface area contributed by atoms with E-state index in [0.29, 0.717) is 17.0 Å². The summed E-state index contributed by atoms with van der Waals surface area (Å²) in [6, 6.07) is 10.5. The molecule has 7 nitrogen and oxygen atoms in total. The number of sulfonamides is 1. The van der Waals surface area contributed by atoms with Crippen molar-refractivity contribution in [1.82, 2.24) is 0 Å². The molecule has 0 aliphatic heterocycles. The molecule has 0 heterocycles. The lowest BCUT2D eigenvalue weighted by atomic mass is 10.2. The van der Waals surface area contributed by atoms with Crippen molar-refractivity contribution >= 4 is 21.4 Å². The maximum atomic E-state index is 12.8. The second-order valence-corrected chi connectivity index (χ2v) is 7.81. The van der Waals surface area contributed by atoms with Crippen LogP contribution in [0.15, 0.2) is 47.4 Å². The molecule has 0 aliphatic carbocycles. The van der Waals surface area contributed by atoms with E-state index in [0.717, 1.165) is 10.4 Å². The first-order chi connectivity index (χ1) is 11.6. The van der Waals surface area contributed by atoms with Gasteiger partial charge in [-0.2, -0.15) is 0 Å². The van der Waals surface area contributed by atoms with E-state index in [1.807, 2.05) is 13.8 Å². The summed E-state index contributed by atoms with van der Waals surface area (Å²) in [5.74, 6) is 0.635. The quantitative estimate of drug-likeness (QED) is 0.578. The lowest BCUT2D eigenvalue weighted by Crippen LogP contribution is -2.26. The molecule has 8 heteroatoms. The maximum absolute atomic E-state index is 12.8. The molecule has 25 heavy (non-hydrogen) atoms. The summed E-state index contributed by atoms with van der Waals surface area (Å²) in [7, 11) is -2.51. The van der Waals surface area contributed by atoms with E-state index < -0.39 is 14.9 Å². The van der Waals surface area contributed by atoms with Gasteiger partial charge in [0.1, 0.15) is 5.75 Å². The number of benzene rings is 2. The highest BCUT2D eigenvalue weighted by Crippen LogP contribution is 2.28. The van der Waals surface area contributed by atoms with Crippen molar-refractivity contribution in [2.24, 2.45) is 0 Å². The number of anilines is 1. The molecule has 0 spiro atoms. The van der Waals surface area contributed by atoms with Crippen LogP contribution in [0, 0.1) is 17.0 Å². The number of nitrogens with zero attached hydrogens (tertiary/aromatic N) is 2. The van der Waals surface area contributed by atoms with Crippen molar-refractivity contribution in [3.8, 4) is 5.75 Å². The summed E-state index contributed by atoms with van der Waals surface area (Å²) in [4.78, 5) is 10.3. The van der Waals surface area contributed by atoms with Gasteiger partial charge in [0.15, 0.2) is 0 Å². The molecule has 0 unspecified atom stereocenters. The number of hydrogen-bond donors (Lipinski definition) is 0. The first kappa shape index (κ1) is 18.7. The highest BCUT2D eigenvalue weighted by atomic mass is 32.2. The summed E-state index contributed by atoms with van der Waals surface area (Å²) in [6.07, 6.45) is 0.0143. The van der Waals surface area contributed by atoms with Crippen LogP contribution in [0.5, 0.6) is 5.75 Å². The van der Waals surface area contributed by atoms with E-state index in [1.165, 1.54) is 19.2 Å². The van der Waals surface area contributed by atoms with E-state index in [-0.39, 0.29) is 16.7 Å². The minimum absolute atomic E-state index is 0.0143. The Labute approximate surface area is 147 Å². The third kappa shape index (κ3) is 4.08. The van der Waals surface area contributed by atoms with Crippen LogP contribution in [-0.2, 0) is 10.0 Å². The van der Waals surface area contributed by atoms with Gasteiger partial charge in [-0.15, -0.1) is 0 Å². The Hall–Kier alpha value is -2.61. The first-order valence-electron chi connectivity index (χ1n) is 7.63. The second kappa shape index (κ2) is 7.10. The molecule has 0 bridgehead atoms. The molecule has 0 aliphatic rings. The Morgan fingerprint density at radius 2 is 1.72 bits per heavy atom. The van der Waals surface area contributed by atoms with Gasteiger partial charge in [-0.05, 0) is 51.1 Å². The fourth-order valence-corrected chi connectivity index (χ4v) is 3.47. The second-order valence-electron chi connectivity index (χ2n) is 5.84. The predicted octanol–water partition coefficient (Wildman–Crippen LogP) is 3.52. The highest BCUT2D eigenvalue weighted by Gasteiger charge is 2.24. The topological polar surface area (TPSA) is 89.8 Å². The Balaban J connectivity index is 2.36. The van der Waals surface area contributed by atoms with Crippen molar-refractivity contribution < 1.29 is 18.1 Å². The van der Waals surface area contributed by atoms with Gasteiger partial charge in [-0.25, -0.2) is 8.42 Å². The molecular weight excluding hydrogens is 344 g/mol. The molecule has 2 aromatic carbocycles. The highest BCUT2D eigenvalue weighted by molar-refractivity contribution is 7.92. The lowest BCUT2D eigenvalue weighted by molar-refractivity contribution is -0.385. The van der Waals surface area contributed by atoms with E-state index >= 15 is 0 Å². The van der Waals surface area contributed by atoms with Crippen LogP contribution in [0.2, 0.25) is 0 Å². The zero-order chi connectivity index (χ0) is 18.8. The monoisotopic (exact) mass is 364 g/mol. The van der Waals surface area contributed by atoms with Crippen molar-refractivity contribution in [2.45, 2.75) is 31.8 Å². The molecule has 0 fully saturated rings. The third-order valence-electron chi connectivity index (χ3n) is 3.61. The molecule has 0 atom stereocenters. The summed E-state index contributed by atoms with van der Waals surface area (Å²) >= 11 is 0. The number of aryl methyl sites for hydroxylation is 1. The Morgan fingerprint density at radius 3 is 2.24 bits per heavy atom. The molecular formula is C17H20N2O5S. The Kier molecular flexibility index (Phi) is 5.32. The third-order valence-corrected chi connectivity index (χ3v) is 5.39. The molecule has 2 aromatic rings. The normalized spacial score (nSPS) is 11.4. The summed E-state index contributed by atoms with van der Waals surface area (Å²) in [6.45, 7) is 5.36. The minimum atomic E-state index is -3.91. The molecule has 0 amide bonds. The molecule has 134 valence electrons. The van der Waals surface area contributed by atoms with Crippen LogP contribution in [0.3, 0.4) is 0 Å². The van der Waals surface area contributed by atoms with Gasteiger partial charge in [0.05, 0.1) is 21.6 Å². The molecule has 0 aromatic heterocycles. The molecule has 2 rings (SSSR count). The van der Waals surface area contributed by atoms with E-state index in [9.17, 15) is 18.5 Å². The molecule has 0 N–H and O–H groups in total. The van der Waals surface area contributed by atoms with Crippen LogP contribution in [0.1, 0.15) is 19.4 Å². The fraction of sp³-hybridized carbons (Fsp3) is 0.294. The van der Waals surface area contributed by atoms with Crippen LogP contribution in [0.4, 0.5) is 11.4 Å². The van der Waals surface area contributed by atoms with Gasteiger partial charge in [0.2, 0.25) is 0 Å². The number of ether oxygens (including phenoxy) is 1. The summed E-state index contributed by atoms with van der Waals surface area (Å²) in [5, 5.41) is 11.0. The van der Waals surface area contributed by atoms with Crippen molar-refractivity contribution in [2.75, 3.05) is 11.4 Å². The zero-order valence-electron chi connectivity index (χ0n) is 14.5. The Morgan fingerprint density at radius 1 is 1.12 bits per heavy atom. The smallest absolute Gasteiger partial charge is 0.273 e. The molecule has 0 saturated carbocycles. The lowest BCUT2D eigenvalue weighted by Gasteiger charge is -2.20. The van der Waals surface area contributed by atoms with Gasteiger partial charge in [0, 0.05) is 18.7 Å². The van der Waals surface area contributed by atoms with Crippen LogP contribution >= 0.6 is 0 Å².